The van der Waals surface area contributed by atoms with E-state index in [4.69, 9.17) is 5.73 Å². The summed E-state index contributed by atoms with van der Waals surface area (Å²) in [6.07, 6.45) is 7.48. The minimum absolute atomic E-state index is 0.513. The lowest BCUT2D eigenvalue weighted by Crippen LogP contribution is -2.10. The number of allylic oxidation sites excluding steroid dienone is 5. The Hall–Kier alpha value is -3.27. The van der Waals surface area contributed by atoms with Crippen molar-refractivity contribution in [2.45, 2.75) is 6.92 Å². The molecule has 4 heteroatoms. The molecule has 0 fully saturated rings. The van der Waals surface area contributed by atoms with Crippen molar-refractivity contribution in [3.63, 3.8) is 0 Å². The van der Waals surface area contributed by atoms with Crippen LogP contribution in [0.15, 0.2) is 83.6 Å². The molecule has 0 amide bonds. The Balaban J connectivity index is 2.15. The molecule has 0 unspecified atom stereocenters. The largest absolute Gasteiger partial charge is 0.410 e. The third-order valence-electron chi connectivity index (χ3n) is 3.88. The highest BCUT2D eigenvalue weighted by Gasteiger charge is 2.15. The highest BCUT2D eigenvalue weighted by atomic mass is 16.4. The lowest BCUT2D eigenvalue weighted by atomic mass is 9.96. The van der Waals surface area contributed by atoms with Gasteiger partial charge in [0.1, 0.15) is 5.71 Å². The Bertz CT molecular complexity index is 859. The van der Waals surface area contributed by atoms with Crippen LogP contribution >= 0.6 is 0 Å². The van der Waals surface area contributed by atoms with Crippen molar-refractivity contribution in [3.05, 3.63) is 89.5 Å². The Kier molecular flexibility index (Phi) is 4.47. The Morgan fingerprint density at radius 3 is 2.42 bits per heavy atom. The lowest BCUT2D eigenvalue weighted by molar-refractivity contribution is 0.320. The van der Waals surface area contributed by atoms with E-state index in [2.05, 4.69) is 23.5 Å². The number of nitrogen functional groups attached to an aromatic ring is 1. The molecule has 24 heavy (non-hydrogen) atoms. The molecule has 0 heterocycles. The van der Waals surface area contributed by atoms with E-state index < -0.39 is 0 Å². The van der Waals surface area contributed by atoms with Crippen LogP contribution in [0.3, 0.4) is 0 Å². The molecule has 0 bridgehead atoms. The van der Waals surface area contributed by atoms with Gasteiger partial charge in [0.2, 0.25) is 0 Å². The molecule has 0 atom stereocenters. The Morgan fingerprint density at radius 2 is 1.71 bits per heavy atom. The topological polar surface area (TPSA) is 70.6 Å². The lowest BCUT2D eigenvalue weighted by Gasteiger charge is -2.18. The molecule has 0 saturated heterocycles. The smallest absolute Gasteiger partial charge is 0.111 e. The van der Waals surface area contributed by atoms with Crippen LogP contribution in [0.4, 0.5) is 11.4 Å². The molecule has 0 aliphatic heterocycles. The predicted molar refractivity (Wildman–Crippen MR) is 100 cm³/mol. The number of nitrogens with two attached hydrogens (primary N) is 1. The van der Waals surface area contributed by atoms with E-state index in [1.54, 1.807) is 6.08 Å². The predicted octanol–water partition coefficient (Wildman–Crippen LogP) is 4.36. The maximum Gasteiger partial charge on any atom is 0.111 e. The third kappa shape index (κ3) is 3.22. The van der Waals surface area contributed by atoms with Crippen LogP contribution in [-0.2, 0) is 0 Å². The third-order valence-corrected chi connectivity index (χ3v) is 3.88. The Morgan fingerprint density at radius 1 is 1.00 bits per heavy atom. The SMILES string of the molecule is Cc1ccccc1/C(Nc1ccc(N)cc1)=C1/C=CC=C/C1=N\O. The summed E-state index contributed by atoms with van der Waals surface area (Å²) >= 11 is 0. The first-order valence-electron chi connectivity index (χ1n) is 7.69. The minimum atomic E-state index is 0.513. The van der Waals surface area contributed by atoms with Crippen LogP contribution in [0.2, 0.25) is 0 Å². The first-order valence-corrected chi connectivity index (χ1v) is 7.69. The fraction of sp³-hybridized carbons (Fsp3) is 0.0500. The quantitative estimate of drug-likeness (QED) is 0.447. The molecule has 0 saturated carbocycles. The Labute approximate surface area is 141 Å². The molecule has 0 aromatic heterocycles. The molecule has 3 rings (SSSR count). The van der Waals surface area contributed by atoms with Crippen LogP contribution < -0.4 is 11.1 Å². The average molecular weight is 317 g/mol. The maximum atomic E-state index is 9.35. The van der Waals surface area contributed by atoms with Crippen LogP contribution in [-0.4, -0.2) is 10.9 Å². The van der Waals surface area contributed by atoms with Gasteiger partial charge in [-0.15, -0.1) is 0 Å². The molecule has 1 aliphatic carbocycles. The first-order chi connectivity index (χ1) is 11.7. The molecule has 0 spiro atoms. The molecule has 4 N–H and O–H groups in total. The number of rotatable bonds is 3. The van der Waals surface area contributed by atoms with E-state index in [0.717, 1.165) is 28.1 Å². The van der Waals surface area contributed by atoms with Crippen molar-refractivity contribution >= 4 is 22.8 Å². The second-order valence-electron chi connectivity index (χ2n) is 5.55. The standard InChI is InChI=1S/C20H19N3O/c1-14-6-2-3-7-17(14)20(18-8-4-5-9-19(18)23-24)22-16-12-10-15(21)11-13-16/h2-13,22,24H,21H2,1H3/b20-18+,23-19+. The highest BCUT2D eigenvalue weighted by molar-refractivity contribution is 6.16. The first kappa shape index (κ1) is 15.6. The zero-order chi connectivity index (χ0) is 16.9. The van der Waals surface area contributed by atoms with E-state index >= 15 is 0 Å². The molecule has 2 aromatic carbocycles. The monoisotopic (exact) mass is 317 g/mol. The molecular weight excluding hydrogens is 298 g/mol. The van der Waals surface area contributed by atoms with Gasteiger partial charge < -0.3 is 16.3 Å². The molecule has 1 aliphatic rings. The molecule has 4 nitrogen and oxygen atoms in total. The van der Waals surface area contributed by atoms with Gasteiger partial charge in [0.05, 0.1) is 5.70 Å². The highest BCUT2D eigenvalue weighted by Crippen LogP contribution is 2.27. The second-order valence-corrected chi connectivity index (χ2v) is 5.55. The minimum Gasteiger partial charge on any atom is -0.410 e. The normalized spacial score (nSPS) is 17.1. The average Bonchev–Trinajstić information content (AvgIpc) is 2.62. The maximum absolute atomic E-state index is 9.35. The van der Waals surface area contributed by atoms with E-state index in [1.165, 1.54) is 0 Å². The number of nitrogens with one attached hydrogen (secondary N) is 1. The summed E-state index contributed by atoms with van der Waals surface area (Å²) in [6, 6.07) is 15.6. The summed E-state index contributed by atoms with van der Waals surface area (Å²) in [5, 5.41) is 16.2. The second kappa shape index (κ2) is 6.87. The molecule has 120 valence electrons. The van der Waals surface area contributed by atoms with E-state index in [1.807, 2.05) is 60.7 Å². The number of hydrogen-bond acceptors (Lipinski definition) is 4. The summed E-state index contributed by atoms with van der Waals surface area (Å²) in [5.41, 5.74) is 11.8. The van der Waals surface area contributed by atoms with Crippen molar-refractivity contribution in [2.24, 2.45) is 5.16 Å². The van der Waals surface area contributed by atoms with E-state index in [0.29, 0.717) is 11.4 Å². The number of hydrogen-bond donors (Lipinski definition) is 3. The van der Waals surface area contributed by atoms with Gasteiger partial charge in [-0.25, -0.2) is 0 Å². The van der Waals surface area contributed by atoms with E-state index in [9.17, 15) is 5.21 Å². The van der Waals surface area contributed by atoms with Crippen molar-refractivity contribution in [2.75, 3.05) is 11.1 Å². The van der Waals surface area contributed by atoms with Gasteiger partial charge in [0.25, 0.3) is 0 Å². The van der Waals surface area contributed by atoms with Gasteiger partial charge in [0, 0.05) is 22.5 Å². The van der Waals surface area contributed by atoms with Gasteiger partial charge in [-0.3, -0.25) is 0 Å². The number of aryl methyl sites for hydroxylation is 1. The summed E-state index contributed by atoms with van der Waals surface area (Å²) < 4.78 is 0. The zero-order valence-corrected chi connectivity index (χ0v) is 13.4. The summed E-state index contributed by atoms with van der Waals surface area (Å²) in [6.45, 7) is 2.05. The van der Waals surface area contributed by atoms with Crippen molar-refractivity contribution in [1.82, 2.24) is 0 Å². The molecule has 2 aromatic rings. The van der Waals surface area contributed by atoms with Gasteiger partial charge in [-0.05, 0) is 42.8 Å². The summed E-state index contributed by atoms with van der Waals surface area (Å²) in [7, 11) is 0. The van der Waals surface area contributed by atoms with Crippen molar-refractivity contribution < 1.29 is 5.21 Å². The number of nitrogens with zero attached hydrogens (tertiary/aromatic N) is 1. The number of anilines is 2. The van der Waals surface area contributed by atoms with Gasteiger partial charge >= 0.3 is 0 Å². The number of benzene rings is 2. The molecule has 0 radical (unpaired) electrons. The fourth-order valence-corrected chi connectivity index (χ4v) is 2.62. The zero-order valence-electron chi connectivity index (χ0n) is 13.4. The molecular formula is C20H19N3O. The van der Waals surface area contributed by atoms with Crippen LogP contribution in [0.1, 0.15) is 11.1 Å². The van der Waals surface area contributed by atoms with Crippen LogP contribution in [0.5, 0.6) is 0 Å². The number of oxime groups is 1. The van der Waals surface area contributed by atoms with Gasteiger partial charge in [0.15, 0.2) is 0 Å². The fourth-order valence-electron chi connectivity index (χ4n) is 2.62. The van der Waals surface area contributed by atoms with Crippen molar-refractivity contribution in [3.8, 4) is 0 Å². The summed E-state index contributed by atoms with van der Waals surface area (Å²) in [4.78, 5) is 0. The van der Waals surface area contributed by atoms with Gasteiger partial charge in [-0.1, -0.05) is 47.6 Å². The van der Waals surface area contributed by atoms with E-state index in [-0.39, 0.29) is 0 Å². The van der Waals surface area contributed by atoms with Gasteiger partial charge in [-0.2, -0.15) is 0 Å². The van der Waals surface area contributed by atoms with Crippen LogP contribution in [0.25, 0.3) is 5.70 Å². The van der Waals surface area contributed by atoms with Crippen LogP contribution in [0, 0.1) is 6.92 Å². The summed E-state index contributed by atoms with van der Waals surface area (Å²) in [5.74, 6) is 0. The van der Waals surface area contributed by atoms with Crippen molar-refractivity contribution in [1.29, 1.82) is 0 Å².